The minimum absolute atomic E-state index is 0.0509. The Morgan fingerprint density at radius 3 is 2.64 bits per heavy atom. The number of ether oxygens (including phenoxy) is 1. The Balaban J connectivity index is 3.17. The lowest BCUT2D eigenvalue weighted by Gasteiger charge is -2.08. The molecule has 4 nitrogen and oxygen atoms in total. The lowest BCUT2D eigenvalue weighted by molar-refractivity contribution is -0.0196. The van der Waals surface area contributed by atoms with Crippen LogP contribution in [0, 0.1) is 0 Å². The Bertz CT molecular complexity index is 349. The van der Waals surface area contributed by atoms with Crippen LogP contribution < -0.4 is 4.74 Å². The van der Waals surface area contributed by atoms with Gasteiger partial charge in [-0.05, 0) is 18.2 Å². The number of rotatable bonds is 3. The fourth-order valence-corrected chi connectivity index (χ4v) is 1.18. The number of aliphatic hydroxyl groups is 2. The van der Waals surface area contributed by atoms with Crippen LogP contribution in [0.1, 0.15) is 10.4 Å². The molecule has 0 atom stereocenters. The number of aliphatic hydroxyl groups excluding tert-OH is 1. The SMILES string of the molecule is COc1ccc(Cl)cc1C(=O)C(O)O. The van der Waals surface area contributed by atoms with Crippen LogP contribution in [-0.2, 0) is 0 Å². The Morgan fingerprint density at radius 1 is 1.50 bits per heavy atom. The summed E-state index contributed by atoms with van der Waals surface area (Å²) in [5.74, 6) is -0.586. The molecule has 0 bridgehead atoms. The van der Waals surface area contributed by atoms with Gasteiger partial charge in [-0.15, -0.1) is 0 Å². The summed E-state index contributed by atoms with van der Waals surface area (Å²) >= 11 is 5.65. The Kier molecular flexibility index (Phi) is 3.46. The van der Waals surface area contributed by atoms with E-state index in [1.165, 1.54) is 19.2 Å². The van der Waals surface area contributed by atoms with Crippen LogP contribution in [0.4, 0.5) is 0 Å². The maximum atomic E-state index is 11.2. The summed E-state index contributed by atoms with van der Waals surface area (Å²) < 4.78 is 4.87. The van der Waals surface area contributed by atoms with Crippen LogP contribution in [0.3, 0.4) is 0 Å². The van der Waals surface area contributed by atoms with Crippen molar-refractivity contribution in [2.45, 2.75) is 6.29 Å². The zero-order chi connectivity index (χ0) is 10.7. The van der Waals surface area contributed by atoms with E-state index < -0.39 is 12.1 Å². The number of carbonyl (C=O) groups excluding carboxylic acids is 1. The van der Waals surface area contributed by atoms with Crippen molar-refractivity contribution in [2.75, 3.05) is 7.11 Å². The number of hydrogen-bond donors (Lipinski definition) is 2. The molecule has 0 fully saturated rings. The number of hydrogen-bond acceptors (Lipinski definition) is 4. The summed E-state index contributed by atoms with van der Waals surface area (Å²) in [6.07, 6.45) is -2.05. The van der Waals surface area contributed by atoms with Crippen molar-refractivity contribution in [3.05, 3.63) is 28.8 Å². The van der Waals surface area contributed by atoms with Crippen LogP contribution in [-0.4, -0.2) is 29.4 Å². The average Bonchev–Trinajstić information content (AvgIpc) is 2.16. The number of halogens is 1. The van der Waals surface area contributed by atoms with Gasteiger partial charge in [0, 0.05) is 5.02 Å². The normalized spacial score (nSPS) is 10.4. The van der Waals surface area contributed by atoms with Gasteiger partial charge in [-0.3, -0.25) is 4.79 Å². The number of ketones is 1. The highest BCUT2D eigenvalue weighted by molar-refractivity contribution is 6.31. The maximum absolute atomic E-state index is 11.2. The molecule has 0 aliphatic heterocycles. The van der Waals surface area contributed by atoms with Crippen molar-refractivity contribution < 1.29 is 19.7 Å². The fourth-order valence-electron chi connectivity index (χ4n) is 1.01. The number of Topliss-reactive ketones (excluding diaryl/α,β-unsaturated/α-hetero) is 1. The van der Waals surface area contributed by atoms with E-state index in [4.69, 9.17) is 26.6 Å². The van der Waals surface area contributed by atoms with Crippen molar-refractivity contribution in [3.63, 3.8) is 0 Å². The lowest BCUT2D eigenvalue weighted by Crippen LogP contribution is -2.19. The van der Waals surface area contributed by atoms with Gasteiger partial charge in [0.15, 0.2) is 0 Å². The average molecular weight is 217 g/mol. The van der Waals surface area contributed by atoms with E-state index in [1.54, 1.807) is 6.07 Å². The topological polar surface area (TPSA) is 66.8 Å². The van der Waals surface area contributed by atoms with Gasteiger partial charge in [0.05, 0.1) is 12.7 Å². The van der Waals surface area contributed by atoms with Crippen LogP contribution in [0.5, 0.6) is 5.75 Å². The molecule has 2 N–H and O–H groups in total. The summed E-state index contributed by atoms with van der Waals surface area (Å²) in [5, 5.41) is 17.7. The van der Waals surface area contributed by atoms with Crippen molar-refractivity contribution in [2.24, 2.45) is 0 Å². The third-order valence-corrected chi connectivity index (χ3v) is 1.90. The quantitative estimate of drug-likeness (QED) is 0.581. The maximum Gasteiger partial charge on any atom is 0.222 e. The first kappa shape index (κ1) is 11.0. The molecule has 0 heterocycles. The zero-order valence-corrected chi connectivity index (χ0v) is 8.15. The molecule has 0 unspecified atom stereocenters. The third kappa shape index (κ3) is 2.23. The molecule has 76 valence electrons. The van der Waals surface area contributed by atoms with E-state index in [1.807, 2.05) is 0 Å². The highest BCUT2D eigenvalue weighted by Crippen LogP contribution is 2.23. The Labute approximate surface area is 85.7 Å². The first-order valence-electron chi connectivity index (χ1n) is 3.80. The largest absolute Gasteiger partial charge is 0.496 e. The molecule has 0 saturated heterocycles. The smallest absolute Gasteiger partial charge is 0.222 e. The molecule has 0 saturated carbocycles. The van der Waals surface area contributed by atoms with E-state index in [2.05, 4.69) is 0 Å². The van der Waals surface area contributed by atoms with Gasteiger partial charge >= 0.3 is 0 Å². The molecule has 0 aliphatic carbocycles. The molecule has 0 aromatic heterocycles. The van der Waals surface area contributed by atoms with Gasteiger partial charge in [-0.2, -0.15) is 0 Å². The van der Waals surface area contributed by atoms with E-state index >= 15 is 0 Å². The summed E-state index contributed by atoms with van der Waals surface area (Å²) in [7, 11) is 1.38. The molecular formula is C9H9ClO4. The van der Waals surface area contributed by atoms with Crippen LogP contribution in [0.15, 0.2) is 18.2 Å². The van der Waals surface area contributed by atoms with E-state index in [0.717, 1.165) is 0 Å². The third-order valence-electron chi connectivity index (χ3n) is 1.66. The minimum Gasteiger partial charge on any atom is -0.496 e. The molecular weight excluding hydrogens is 208 g/mol. The molecule has 1 aromatic carbocycles. The Morgan fingerprint density at radius 2 is 2.14 bits per heavy atom. The molecule has 0 amide bonds. The molecule has 0 radical (unpaired) electrons. The second kappa shape index (κ2) is 4.41. The number of carbonyl (C=O) groups is 1. The van der Waals surface area contributed by atoms with Crippen molar-refractivity contribution in [1.29, 1.82) is 0 Å². The fraction of sp³-hybridized carbons (Fsp3) is 0.222. The first-order chi connectivity index (χ1) is 6.56. The van der Waals surface area contributed by atoms with Gasteiger partial charge in [0.1, 0.15) is 5.75 Å². The minimum atomic E-state index is -2.05. The molecule has 14 heavy (non-hydrogen) atoms. The van der Waals surface area contributed by atoms with Crippen molar-refractivity contribution in [3.8, 4) is 5.75 Å². The second-order valence-electron chi connectivity index (χ2n) is 2.58. The standard InChI is InChI=1S/C9H9ClO4/c1-14-7-3-2-5(10)4-6(7)8(11)9(12)13/h2-4,9,12-13H,1H3. The van der Waals surface area contributed by atoms with Gasteiger partial charge in [-0.25, -0.2) is 0 Å². The van der Waals surface area contributed by atoms with Crippen molar-refractivity contribution >= 4 is 17.4 Å². The first-order valence-corrected chi connectivity index (χ1v) is 4.18. The van der Waals surface area contributed by atoms with Crippen molar-refractivity contribution in [1.82, 2.24) is 0 Å². The van der Waals surface area contributed by atoms with Crippen LogP contribution >= 0.6 is 11.6 Å². The van der Waals surface area contributed by atoms with Gasteiger partial charge in [0.25, 0.3) is 0 Å². The second-order valence-corrected chi connectivity index (χ2v) is 3.02. The highest BCUT2D eigenvalue weighted by Gasteiger charge is 2.18. The molecule has 5 heteroatoms. The van der Waals surface area contributed by atoms with Crippen LogP contribution in [0.2, 0.25) is 5.02 Å². The lowest BCUT2D eigenvalue weighted by atomic mass is 10.1. The number of benzene rings is 1. The van der Waals surface area contributed by atoms with Gasteiger partial charge in [0.2, 0.25) is 12.1 Å². The van der Waals surface area contributed by atoms with E-state index in [0.29, 0.717) is 5.02 Å². The van der Waals surface area contributed by atoms with E-state index in [-0.39, 0.29) is 11.3 Å². The molecule has 0 aliphatic rings. The summed E-state index contributed by atoms with van der Waals surface area (Å²) in [6, 6.07) is 4.35. The van der Waals surface area contributed by atoms with Gasteiger partial charge in [-0.1, -0.05) is 11.6 Å². The summed E-state index contributed by atoms with van der Waals surface area (Å²) in [5.41, 5.74) is 0.0509. The van der Waals surface area contributed by atoms with E-state index in [9.17, 15) is 4.79 Å². The molecule has 0 spiro atoms. The number of methoxy groups -OCH3 is 1. The van der Waals surface area contributed by atoms with Gasteiger partial charge < -0.3 is 14.9 Å². The predicted molar refractivity (Wildman–Crippen MR) is 50.6 cm³/mol. The predicted octanol–water partition coefficient (Wildman–Crippen LogP) is 0.842. The highest BCUT2D eigenvalue weighted by atomic mass is 35.5. The molecule has 1 aromatic rings. The summed E-state index contributed by atoms with van der Waals surface area (Å²) in [4.78, 5) is 11.2. The summed E-state index contributed by atoms with van der Waals surface area (Å²) in [6.45, 7) is 0. The monoisotopic (exact) mass is 216 g/mol. The van der Waals surface area contributed by atoms with Crippen LogP contribution in [0.25, 0.3) is 0 Å². The Hall–Kier alpha value is -1.10. The molecule has 1 rings (SSSR count). The zero-order valence-electron chi connectivity index (χ0n) is 7.40.